The average Bonchev–Trinajstić information content (AvgIpc) is 3.06. The molecule has 2 fully saturated rings. The maximum absolute atomic E-state index is 11.9. The zero-order valence-electron chi connectivity index (χ0n) is 12.9. The van der Waals surface area contributed by atoms with Gasteiger partial charge in [-0.05, 0) is 37.1 Å². The largest absolute Gasteiger partial charge is 0.399 e. The Kier molecular flexibility index (Phi) is 4.95. The summed E-state index contributed by atoms with van der Waals surface area (Å²) in [5.41, 5.74) is 7.08. The topological polar surface area (TPSA) is 96.2 Å². The molecule has 3 rings (SSSR count). The number of fused-ring (bicyclic) bond motifs is 1. The van der Waals surface area contributed by atoms with Crippen LogP contribution < -0.4 is 21.7 Å². The molecule has 0 radical (unpaired) electrons. The van der Waals surface area contributed by atoms with Crippen LogP contribution in [0.3, 0.4) is 0 Å². The van der Waals surface area contributed by atoms with E-state index in [-0.39, 0.29) is 24.0 Å². The predicted octanol–water partition coefficient (Wildman–Crippen LogP) is 1.93. The molecule has 2 aliphatic rings. The molecule has 7 heteroatoms. The molecule has 0 spiro atoms. The first-order chi connectivity index (χ1) is 11.1. The number of carbonyl (C=O) groups is 2. The van der Waals surface area contributed by atoms with Crippen molar-refractivity contribution in [2.45, 2.75) is 43.0 Å². The van der Waals surface area contributed by atoms with Gasteiger partial charge in [0.15, 0.2) is 0 Å². The Hall–Kier alpha value is -1.89. The number of carbonyl (C=O) groups excluding carboxylic acids is 2. The van der Waals surface area contributed by atoms with E-state index in [1.54, 1.807) is 24.3 Å². The first kappa shape index (κ1) is 16.0. The highest BCUT2D eigenvalue weighted by Crippen LogP contribution is 2.33. The summed E-state index contributed by atoms with van der Waals surface area (Å²) in [6, 6.07) is 7.62. The van der Waals surface area contributed by atoms with Crippen LogP contribution in [0.5, 0.6) is 0 Å². The monoisotopic (exact) mass is 334 g/mol. The molecule has 0 aliphatic carbocycles. The summed E-state index contributed by atoms with van der Waals surface area (Å²) in [4.78, 5) is 23.2. The van der Waals surface area contributed by atoms with E-state index in [0.717, 1.165) is 30.7 Å². The van der Waals surface area contributed by atoms with Crippen molar-refractivity contribution in [3.8, 4) is 0 Å². The van der Waals surface area contributed by atoms with Crippen molar-refractivity contribution in [1.82, 2.24) is 10.6 Å². The zero-order chi connectivity index (χ0) is 16.2. The van der Waals surface area contributed by atoms with Gasteiger partial charge in [0, 0.05) is 28.8 Å². The molecule has 1 aromatic rings. The molecule has 2 saturated heterocycles. The molecule has 1 aromatic carbocycles. The van der Waals surface area contributed by atoms with Crippen LogP contribution in [0.15, 0.2) is 24.3 Å². The second kappa shape index (κ2) is 7.12. The van der Waals surface area contributed by atoms with E-state index in [1.807, 2.05) is 11.8 Å². The fraction of sp³-hybridized carbons (Fsp3) is 0.500. The van der Waals surface area contributed by atoms with Crippen LogP contribution in [0.2, 0.25) is 0 Å². The van der Waals surface area contributed by atoms with E-state index in [2.05, 4.69) is 16.0 Å². The first-order valence-corrected chi connectivity index (χ1v) is 9.01. The van der Waals surface area contributed by atoms with E-state index in [0.29, 0.717) is 17.4 Å². The summed E-state index contributed by atoms with van der Waals surface area (Å²) in [5.74, 6) is 1.01. The Balaban J connectivity index is 1.34. The van der Waals surface area contributed by atoms with E-state index >= 15 is 0 Å². The molecule has 6 nitrogen and oxygen atoms in total. The van der Waals surface area contributed by atoms with Crippen LogP contribution in [-0.2, 0) is 4.79 Å². The molecule has 3 amide bonds. The maximum Gasteiger partial charge on any atom is 0.315 e. The van der Waals surface area contributed by atoms with Crippen molar-refractivity contribution in [3.05, 3.63) is 24.3 Å². The van der Waals surface area contributed by atoms with Gasteiger partial charge in [-0.3, -0.25) is 4.79 Å². The fourth-order valence-electron chi connectivity index (χ4n) is 3.06. The molecule has 0 aromatic heterocycles. The Morgan fingerprint density at radius 3 is 2.83 bits per heavy atom. The lowest BCUT2D eigenvalue weighted by molar-refractivity contribution is -0.116. The quantitative estimate of drug-likeness (QED) is 0.363. The minimum atomic E-state index is -0.0480. The molecule has 3 atom stereocenters. The van der Waals surface area contributed by atoms with Crippen LogP contribution in [0.25, 0.3) is 0 Å². The number of unbranched alkanes of at least 4 members (excludes halogenated alkanes) is 1. The number of nitrogens with one attached hydrogen (secondary N) is 3. The molecule has 2 aliphatic heterocycles. The predicted molar refractivity (Wildman–Crippen MR) is 93.4 cm³/mol. The fourth-order valence-corrected chi connectivity index (χ4v) is 4.61. The third-order valence-corrected chi connectivity index (χ3v) is 5.78. The van der Waals surface area contributed by atoms with Gasteiger partial charge in [0.25, 0.3) is 0 Å². The van der Waals surface area contributed by atoms with E-state index in [9.17, 15) is 9.59 Å². The zero-order valence-corrected chi connectivity index (χ0v) is 13.7. The number of nitrogen functional groups attached to an aromatic ring is 1. The number of amides is 3. The van der Waals surface area contributed by atoms with E-state index in [4.69, 9.17) is 5.73 Å². The van der Waals surface area contributed by atoms with Gasteiger partial charge in [0.2, 0.25) is 5.91 Å². The Labute approximate surface area is 140 Å². The summed E-state index contributed by atoms with van der Waals surface area (Å²) in [6.07, 6.45) is 3.39. The van der Waals surface area contributed by atoms with Crippen molar-refractivity contribution in [3.63, 3.8) is 0 Å². The molecule has 124 valence electrons. The van der Waals surface area contributed by atoms with Crippen molar-refractivity contribution in [1.29, 1.82) is 0 Å². The number of rotatable bonds is 6. The smallest absolute Gasteiger partial charge is 0.315 e. The van der Waals surface area contributed by atoms with Crippen LogP contribution in [0.4, 0.5) is 16.2 Å². The number of anilines is 2. The van der Waals surface area contributed by atoms with E-state index in [1.165, 1.54) is 0 Å². The molecular formula is C16H22N4O2S. The van der Waals surface area contributed by atoms with Gasteiger partial charge in [-0.2, -0.15) is 11.8 Å². The molecule has 0 bridgehead atoms. The third kappa shape index (κ3) is 4.10. The third-order valence-electron chi connectivity index (χ3n) is 4.28. The highest BCUT2D eigenvalue weighted by Gasteiger charge is 2.42. The lowest BCUT2D eigenvalue weighted by Crippen LogP contribution is -2.36. The summed E-state index contributed by atoms with van der Waals surface area (Å²) >= 11 is 1.91. The number of nitrogens with two attached hydrogens (primary N) is 1. The van der Waals surface area contributed by atoms with Crippen LogP contribution in [0.1, 0.15) is 25.7 Å². The molecule has 5 N–H and O–H groups in total. The summed E-state index contributed by atoms with van der Waals surface area (Å²) in [6.45, 7) is 0. The van der Waals surface area contributed by atoms with Gasteiger partial charge in [-0.1, -0.05) is 6.42 Å². The van der Waals surface area contributed by atoms with Gasteiger partial charge < -0.3 is 21.7 Å². The molecule has 2 heterocycles. The number of urea groups is 1. The minimum Gasteiger partial charge on any atom is -0.399 e. The molecule has 0 saturated carbocycles. The van der Waals surface area contributed by atoms with Crippen molar-refractivity contribution < 1.29 is 9.59 Å². The van der Waals surface area contributed by atoms with Crippen molar-refractivity contribution >= 4 is 35.1 Å². The van der Waals surface area contributed by atoms with Gasteiger partial charge in [0.05, 0.1) is 12.1 Å². The Bertz CT molecular complexity index is 578. The maximum atomic E-state index is 11.9. The number of thioether (sulfide) groups is 1. The van der Waals surface area contributed by atoms with Gasteiger partial charge >= 0.3 is 6.03 Å². The lowest BCUT2D eigenvalue weighted by Gasteiger charge is -2.16. The lowest BCUT2D eigenvalue weighted by atomic mass is 10.0. The number of hydrogen-bond acceptors (Lipinski definition) is 4. The highest BCUT2D eigenvalue weighted by atomic mass is 32.2. The molecule has 0 unspecified atom stereocenters. The molecule has 23 heavy (non-hydrogen) atoms. The van der Waals surface area contributed by atoms with Gasteiger partial charge in [-0.15, -0.1) is 0 Å². The van der Waals surface area contributed by atoms with Crippen LogP contribution in [-0.4, -0.2) is 35.0 Å². The van der Waals surface area contributed by atoms with Crippen LogP contribution in [0, 0.1) is 0 Å². The van der Waals surface area contributed by atoms with Crippen molar-refractivity contribution in [2.24, 2.45) is 0 Å². The van der Waals surface area contributed by atoms with E-state index < -0.39 is 0 Å². The van der Waals surface area contributed by atoms with Gasteiger partial charge in [0.1, 0.15) is 0 Å². The average molecular weight is 334 g/mol. The second-order valence-electron chi connectivity index (χ2n) is 6.04. The number of benzene rings is 1. The van der Waals surface area contributed by atoms with Gasteiger partial charge in [-0.25, -0.2) is 4.79 Å². The van der Waals surface area contributed by atoms with Crippen LogP contribution >= 0.6 is 11.8 Å². The first-order valence-electron chi connectivity index (χ1n) is 7.96. The summed E-state index contributed by atoms with van der Waals surface area (Å²) in [5, 5.41) is 9.27. The highest BCUT2D eigenvalue weighted by molar-refractivity contribution is 8.00. The molecular weight excluding hydrogens is 312 g/mol. The second-order valence-corrected chi connectivity index (χ2v) is 7.31. The summed E-state index contributed by atoms with van der Waals surface area (Å²) in [7, 11) is 0. The van der Waals surface area contributed by atoms with Crippen molar-refractivity contribution in [2.75, 3.05) is 16.8 Å². The Morgan fingerprint density at radius 1 is 1.26 bits per heavy atom. The summed E-state index contributed by atoms with van der Waals surface area (Å²) < 4.78 is 0. The number of hydrogen-bond donors (Lipinski definition) is 4. The SMILES string of the molecule is Nc1ccc(NC(=O)CCCC[C@@H]2SC[C@@H]3NC(=O)N[C@@H]32)cc1. The Morgan fingerprint density at radius 2 is 2.04 bits per heavy atom. The standard InChI is InChI=1S/C16H22N4O2S/c17-10-5-7-11(8-6-10)18-14(21)4-2-1-3-13-15-12(9-23-13)19-16(22)20-15/h5-8,12-13,15H,1-4,9,17H2,(H,18,21)(H2,19,20,22)/t12-,13-,15-/m0/s1. The minimum absolute atomic E-state index is 0.0301. The normalized spacial score (nSPS) is 25.6.